The van der Waals surface area contributed by atoms with Gasteiger partial charge in [0.1, 0.15) is 0 Å². The van der Waals surface area contributed by atoms with Crippen molar-refractivity contribution in [1.29, 1.82) is 0 Å². The highest BCUT2D eigenvalue weighted by Crippen LogP contribution is 1.47. The van der Waals surface area contributed by atoms with Crippen molar-refractivity contribution in [3.8, 4) is 0 Å². The molecule has 0 heterocycles. The average molecular weight is 202 g/mol. The SMILES string of the molecule is CCNCC.CCO.CCO.Cl. The highest BCUT2D eigenvalue weighted by atomic mass is 35.5. The molecule has 0 fully saturated rings. The summed E-state index contributed by atoms with van der Waals surface area (Å²) in [4.78, 5) is 0. The van der Waals surface area contributed by atoms with Crippen LogP contribution in [0.5, 0.6) is 0 Å². The van der Waals surface area contributed by atoms with Crippen molar-refractivity contribution < 1.29 is 10.2 Å². The Morgan fingerprint density at radius 1 is 0.833 bits per heavy atom. The smallest absolute Gasteiger partial charge is 0.0402 e. The molecule has 0 bridgehead atoms. The molecule has 80 valence electrons. The third-order valence-corrected chi connectivity index (χ3v) is 0.500. The predicted octanol–water partition coefficient (Wildman–Crippen LogP) is 1.03. The average Bonchev–Trinajstić information content (AvgIpc) is 1.92. The van der Waals surface area contributed by atoms with Crippen molar-refractivity contribution >= 4 is 12.4 Å². The zero-order chi connectivity index (χ0) is 9.54. The van der Waals surface area contributed by atoms with E-state index in [1.165, 1.54) is 0 Å². The van der Waals surface area contributed by atoms with E-state index in [1.807, 2.05) is 0 Å². The summed E-state index contributed by atoms with van der Waals surface area (Å²) in [6, 6.07) is 0. The van der Waals surface area contributed by atoms with E-state index in [2.05, 4.69) is 19.2 Å². The molecule has 0 aromatic heterocycles. The van der Waals surface area contributed by atoms with E-state index in [9.17, 15) is 0 Å². The fourth-order valence-electron chi connectivity index (χ4n) is 0.250. The minimum atomic E-state index is 0. The van der Waals surface area contributed by atoms with Crippen LogP contribution >= 0.6 is 12.4 Å². The van der Waals surface area contributed by atoms with Crippen molar-refractivity contribution in [3.05, 3.63) is 0 Å². The molecule has 4 heteroatoms. The molecule has 0 saturated carbocycles. The van der Waals surface area contributed by atoms with Crippen LogP contribution in [0.4, 0.5) is 0 Å². The zero-order valence-electron chi connectivity index (χ0n) is 8.63. The number of rotatable bonds is 2. The maximum absolute atomic E-state index is 7.57. The first-order valence-electron chi connectivity index (χ1n) is 4.17. The monoisotopic (exact) mass is 201 g/mol. The Bertz CT molecular complexity index is 36.2. The van der Waals surface area contributed by atoms with Gasteiger partial charge in [-0.2, -0.15) is 0 Å². The fraction of sp³-hybridized carbons (Fsp3) is 1.00. The van der Waals surface area contributed by atoms with Gasteiger partial charge in [0.05, 0.1) is 0 Å². The summed E-state index contributed by atoms with van der Waals surface area (Å²) in [5, 5.41) is 18.2. The molecule has 0 spiro atoms. The van der Waals surface area contributed by atoms with Crippen molar-refractivity contribution in [2.24, 2.45) is 0 Å². The number of halogens is 1. The highest BCUT2D eigenvalue weighted by Gasteiger charge is 1.62. The van der Waals surface area contributed by atoms with Crippen LogP contribution in [0.3, 0.4) is 0 Å². The molecule has 3 nitrogen and oxygen atoms in total. The second-order valence-corrected chi connectivity index (χ2v) is 1.59. The van der Waals surface area contributed by atoms with Gasteiger partial charge in [0.25, 0.3) is 0 Å². The lowest BCUT2D eigenvalue weighted by atomic mass is 10.7. The van der Waals surface area contributed by atoms with Crippen molar-refractivity contribution in [2.45, 2.75) is 27.7 Å². The van der Waals surface area contributed by atoms with E-state index >= 15 is 0 Å². The molecule has 0 radical (unpaired) electrons. The molecule has 3 N–H and O–H groups in total. The van der Waals surface area contributed by atoms with Crippen LogP contribution in [0.1, 0.15) is 27.7 Å². The van der Waals surface area contributed by atoms with Crippen molar-refractivity contribution in [3.63, 3.8) is 0 Å². The van der Waals surface area contributed by atoms with E-state index in [0.717, 1.165) is 13.1 Å². The van der Waals surface area contributed by atoms with Gasteiger partial charge in [0.2, 0.25) is 0 Å². The van der Waals surface area contributed by atoms with E-state index < -0.39 is 0 Å². The molecule has 0 aromatic carbocycles. The lowest BCUT2D eigenvalue weighted by Gasteiger charge is -1.86. The Hall–Kier alpha value is 0.170. The van der Waals surface area contributed by atoms with Gasteiger partial charge in [-0.05, 0) is 26.9 Å². The first-order valence-corrected chi connectivity index (χ1v) is 4.17. The Balaban J connectivity index is -0.0000000406. The Morgan fingerprint density at radius 2 is 1.00 bits per heavy atom. The standard InChI is InChI=1S/C4H11N.2C2H6O.ClH/c1-3-5-4-2;2*1-2-3;/h5H,3-4H2,1-2H3;2*3H,2H2,1H3;1H. The van der Waals surface area contributed by atoms with E-state index in [0.29, 0.717) is 0 Å². The summed E-state index contributed by atoms with van der Waals surface area (Å²) in [5.74, 6) is 0. The minimum absolute atomic E-state index is 0. The van der Waals surface area contributed by atoms with E-state index in [4.69, 9.17) is 10.2 Å². The maximum atomic E-state index is 7.57. The van der Waals surface area contributed by atoms with Crippen LogP contribution in [0.15, 0.2) is 0 Å². The van der Waals surface area contributed by atoms with Gasteiger partial charge in [0.15, 0.2) is 0 Å². The van der Waals surface area contributed by atoms with E-state index in [-0.39, 0.29) is 25.6 Å². The van der Waals surface area contributed by atoms with E-state index in [1.54, 1.807) is 13.8 Å². The number of aliphatic hydroxyl groups excluding tert-OH is 2. The topological polar surface area (TPSA) is 52.5 Å². The lowest BCUT2D eigenvalue weighted by Crippen LogP contribution is -2.09. The third kappa shape index (κ3) is 182. The summed E-state index contributed by atoms with van der Waals surface area (Å²) in [7, 11) is 0. The number of hydrogen-bond acceptors (Lipinski definition) is 3. The van der Waals surface area contributed by atoms with Crippen LogP contribution in [-0.4, -0.2) is 36.5 Å². The maximum Gasteiger partial charge on any atom is 0.0402 e. The number of hydrogen-bond donors (Lipinski definition) is 3. The zero-order valence-corrected chi connectivity index (χ0v) is 9.45. The molecule has 0 amide bonds. The van der Waals surface area contributed by atoms with Crippen molar-refractivity contribution in [1.82, 2.24) is 5.32 Å². The molecule has 0 aliphatic heterocycles. The summed E-state index contributed by atoms with van der Waals surface area (Å²) >= 11 is 0. The second-order valence-electron chi connectivity index (χ2n) is 1.59. The van der Waals surface area contributed by atoms with Gasteiger partial charge in [-0.15, -0.1) is 12.4 Å². The molecule has 0 rings (SSSR count). The first kappa shape index (κ1) is 22.7. The first-order chi connectivity index (χ1) is 5.24. The lowest BCUT2D eigenvalue weighted by molar-refractivity contribution is 0.318. The Labute approximate surface area is 82.6 Å². The van der Waals surface area contributed by atoms with Crippen LogP contribution in [0, 0.1) is 0 Å². The summed E-state index contributed by atoms with van der Waals surface area (Å²) in [6.07, 6.45) is 0. The Kier molecular flexibility index (Phi) is 81.9. The normalized spacial score (nSPS) is 6.50. The van der Waals surface area contributed by atoms with Crippen LogP contribution < -0.4 is 5.32 Å². The molecular weight excluding hydrogens is 178 g/mol. The van der Waals surface area contributed by atoms with Gasteiger partial charge >= 0.3 is 0 Å². The van der Waals surface area contributed by atoms with Gasteiger partial charge in [-0.3, -0.25) is 0 Å². The predicted molar refractivity (Wildman–Crippen MR) is 57.0 cm³/mol. The fourth-order valence-corrected chi connectivity index (χ4v) is 0.250. The van der Waals surface area contributed by atoms with Gasteiger partial charge in [0, 0.05) is 13.2 Å². The number of nitrogens with one attached hydrogen (secondary N) is 1. The molecule has 0 unspecified atom stereocenters. The van der Waals surface area contributed by atoms with Gasteiger partial charge in [-0.25, -0.2) is 0 Å². The Morgan fingerprint density at radius 3 is 1.00 bits per heavy atom. The molecular formula is C8H24ClNO2. The van der Waals surface area contributed by atoms with Crippen molar-refractivity contribution in [2.75, 3.05) is 26.3 Å². The van der Waals surface area contributed by atoms with Crippen LogP contribution in [0.2, 0.25) is 0 Å². The van der Waals surface area contributed by atoms with Crippen LogP contribution in [0.25, 0.3) is 0 Å². The largest absolute Gasteiger partial charge is 0.397 e. The number of aliphatic hydroxyl groups is 2. The molecule has 0 aliphatic carbocycles. The molecule has 0 aromatic rings. The molecule has 0 aliphatic rings. The van der Waals surface area contributed by atoms with Gasteiger partial charge in [-0.1, -0.05) is 13.8 Å². The van der Waals surface area contributed by atoms with Gasteiger partial charge < -0.3 is 15.5 Å². The quantitative estimate of drug-likeness (QED) is 0.626. The summed E-state index contributed by atoms with van der Waals surface area (Å²) in [5.41, 5.74) is 0. The van der Waals surface area contributed by atoms with Crippen LogP contribution in [-0.2, 0) is 0 Å². The highest BCUT2D eigenvalue weighted by molar-refractivity contribution is 5.85. The minimum Gasteiger partial charge on any atom is -0.397 e. The summed E-state index contributed by atoms with van der Waals surface area (Å²) in [6.45, 7) is 10.2. The molecule has 12 heavy (non-hydrogen) atoms. The third-order valence-electron chi connectivity index (χ3n) is 0.500. The molecule has 0 atom stereocenters. The summed E-state index contributed by atoms with van der Waals surface area (Å²) < 4.78 is 0. The second kappa shape index (κ2) is 43.2. The molecule has 0 saturated heterocycles.